The highest BCUT2D eigenvalue weighted by Gasteiger charge is 2.29. The number of rotatable bonds is 10. The molecule has 156 valence electrons. The monoisotopic (exact) mass is 416 g/mol. The SMILES string of the molecule is C=CC(=O)OCCCCCCOc1ccc(C)cc1/C=C1\SC(=NC)N(C)C1=O. The van der Waals surface area contributed by atoms with E-state index in [2.05, 4.69) is 11.6 Å². The number of amides is 1. The lowest BCUT2D eigenvalue weighted by atomic mass is 10.1. The molecule has 1 aliphatic heterocycles. The van der Waals surface area contributed by atoms with E-state index in [1.165, 1.54) is 17.8 Å². The molecule has 1 aromatic carbocycles. The number of carbonyl (C=O) groups is 2. The third-order valence-corrected chi connectivity index (χ3v) is 5.51. The fourth-order valence-electron chi connectivity index (χ4n) is 2.77. The van der Waals surface area contributed by atoms with E-state index in [-0.39, 0.29) is 11.9 Å². The van der Waals surface area contributed by atoms with Gasteiger partial charge in [0.2, 0.25) is 0 Å². The molecule has 1 aromatic rings. The molecule has 1 amide bonds. The molecule has 1 saturated heterocycles. The third kappa shape index (κ3) is 6.78. The summed E-state index contributed by atoms with van der Waals surface area (Å²) in [7, 11) is 3.41. The van der Waals surface area contributed by atoms with Gasteiger partial charge in [0.1, 0.15) is 5.75 Å². The van der Waals surface area contributed by atoms with Crippen LogP contribution in [0.1, 0.15) is 36.8 Å². The normalized spacial score (nSPS) is 16.5. The molecule has 0 aromatic heterocycles. The lowest BCUT2D eigenvalue weighted by molar-refractivity contribution is -0.137. The summed E-state index contributed by atoms with van der Waals surface area (Å²) in [4.78, 5) is 29.7. The largest absolute Gasteiger partial charge is 0.493 e. The van der Waals surface area contributed by atoms with Crippen molar-refractivity contribution in [3.8, 4) is 5.75 Å². The molecule has 1 heterocycles. The van der Waals surface area contributed by atoms with Crippen LogP contribution in [-0.4, -0.2) is 49.3 Å². The summed E-state index contributed by atoms with van der Waals surface area (Å²) >= 11 is 1.37. The van der Waals surface area contributed by atoms with Crippen LogP contribution in [0.25, 0.3) is 6.08 Å². The Balaban J connectivity index is 1.88. The van der Waals surface area contributed by atoms with Gasteiger partial charge in [-0.3, -0.25) is 14.7 Å². The summed E-state index contributed by atoms with van der Waals surface area (Å²) in [6.07, 6.45) is 6.74. The average molecular weight is 417 g/mol. The van der Waals surface area contributed by atoms with Crippen molar-refractivity contribution in [2.24, 2.45) is 4.99 Å². The Morgan fingerprint density at radius 2 is 1.97 bits per heavy atom. The van der Waals surface area contributed by atoms with Gasteiger partial charge < -0.3 is 9.47 Å². The lowest BCUT2D eigenvalue weighted by Gasteiger charge is -2.11. The van der Waals surface area contributed by atoms with Gasteiger partial charge >= 0.3 is 5.97 Å². The number of nitrogens with zero attached hydrogens (tertiary/aromatic N) is 2. The predicted octanol–water partition coefficient (Wildman–Crippen LogP) is 4.20. The molecule has 0 saturated carbocycles. The number of aliphatic imine (C=N–C) groups is 1. The van der Waals surface area contributed by atoms with Crippen LogP contribution < -0.4 is 4.74 Å². The molecule has 7 heteroatoms. The minimum Gasteiger partial charge on any atom is -0.493 e. The zero-order chi connectivity index (χ0) is 21.2. The number of benzene rings is 1. The molecule has 29 heavy (non-hydrogen) atoms. The predicted molar refractivity (Wildman–Crippen MR) is 118 cm³/mol. The van der Waals surface area contributed by atoms with Crippen LogP contribution in [0.5, 0.6) is 5.75 Å². The Labute approximate surface area is 176 Å². The van der Waals surface area contributed by atoms with Gasteiger partial charge in [0.25, 0.3) is 5.91 Å². The molecule has 6 nitrogen and oxygen atoms in total. The van der Waals surface area contributed by atoms with E-state index in [1.807, 2.05) is 31.2 Å². The van der Waals surface area contributed by atoms with Crippen molar-refractivity contribution in [3.05, 3.63) is 46.9 Å². The van der Waals surface area contributed by atoms with Crippen LogP contribution in [0, 0.1) is 6.92 Å². The molecule has 0 radical (unpaired) electrons. The second kappa shape index (κ2) is 11.5. The first kappa shape index (κ1) is 22.7. The van der Waals surface area contributed by atoms with Crippen molar-refractivity contribution in [1.82, 2.24) is 4.90 Å². The Kier molecular flexibility index (Phi) is 8.99. The summed E-state index contributed by atoms with van der Waals surface area (Å²) in [6, 6.07) is 5.96. The standard InChI is InChI=1S/C22H28N2O4S/c1-5-20(25)28-13-9-7-6-8-12-27-18-11-10-16(2)14-17(18)15-19-21(26)24(4)22(23-3)29-19/h5,10-11,14-15H,1,6-9,12-13H2,2-4H3/b19-15-,23-22?. The minimum atomic E-state index is -0.378. The van der Waals surface area contributed by atoms with Gasteiger partial charge in [0.15, 0.2) is 5.17 Å². The molecule has 2 rings (SSSR count). The fourth-order valence-corrected chi connectivity index (χ4v) is 3.69. The zero-order valence-corrected chi connectivity index (χ0v) is 18.1. The minimum absolute atomic E-state index is 0.0554. The van der Waals surface area contributed by atoms with E-state index in [0.717, 1.165) is 42.6 Å². The zero-order valence-electron chi connectivity index (χ0n) is 17.3. The van der Waals surface area contributed by atoms with Gasteiger partial charge in [-0.25, -0.2) is 4.79 Å². The number of aryl methyl sites for hydroxylation is 1. The molecule has 1 fully saturated rings. The van der Waals surface area contributed by atoms with Crippen molar-refractivity contribution < 1.29 is 19.1 Å². The first-order valence-corrected chi connectivity index (χ1v) is 10.4. The van der Waals surface area contributed by atoms with Crippen molar-refractivity contribution in [2.75, 3.05) is 27.3 Å². The topological polar surface area (TPSA) is 68.2 Å². The smallest absolute Gasteiger partial charge is 0.330 e. The molecule has 0 bridgehead atoms. The fraction of sp³-hybridized carbons (Fsp3) is 0.409. The first-order chi connectivity index (χ1) is 14.0. The van der Waals surface area contributed by atoms with Gasteiger partial charge in [0.05, 0.1) is 18.1 Å². The highest BCUT2D eigenvalue weighted by molar-refractivity contribution is 8.18. The Morgan fingerprint density at radius 1 is 1.24 bits per heavy atom. The Hall–Kier alpha value is -2.54. The van der Waals surface area contributed by atoms with Crippen LogP contribution in [0.3, 0.4) is 0 Å². The highest BCUT2D eigenvalue weighted by atomic mass is 32.2. The molecule has 0 spiro atoms. The summed E-state index contributed by atoms with van der Waals surface area (Å²) in [5.74, 6) is 0.331. The molecule has 0 atom stereocenters. The number of thioether (sulfide) groups is 1. The summed E-state index contributed by atoms with van der Waals surface area (Å²) in [5, 5.41) is 0.690. The van der Waals surface area contributed by atoms with E-state index in [1.54, 1.807) is 19.0 Å². The van der Waals surface area contributed by atoms with E-state index in [9.17, 15) is 9.59 Å². The summed E-state index contributed by atoms with van der Waals surface area (Å²) in [5.41, 5.74) is 1.99. The van der Waals surface area contributed by atoms with Crippen molar-refractivity contribution in [1.29, 1.82) is 0 Å². The van der Waals surface area contributed by atoms with Crippen LogP contribution in [0.2, 0.25) is 0 Å². The van der Waals surface area contributed by atoms with E-state index >= 15 is 0 Å². The number of likely N-dealkylation sites (N-methyl/N-ethyl adjacent to an activating group) is 1. The number of hydrogen-bond donors (Lipinski definition) is 0. The number of hydrogen-bond acceptors (Lipinski definition) is 6. The average Bonchev–Trinajstić information content (AvgIpc) is 2.98. The van der Waals surface area contributed by atoms with Crippen molar-refractivity contribution in [2.45, 2.75) is 32.6 Å². The number of unbranched alkanes of at least 4 members (excludes halogenated alkanes) is 3. The first-order valence-electron chi connectivity index (χ1n) is 9.63. The molecule has 0 aliphatic carbocycles. The number of esters is 1. The molecular formula is C22H28N2O4S. The maximum atomic E-state index is 12.4. The quantitative estimate of drug-likeness (QED) is 0.325. The summed E-state index contributed by atoms with van der Waals surface area (Å²) < 4.78 is 10.9. The number of carbonyl (C=O) groups excluding carboxylic acids is 2. The van der Waals surface area contributed by atoms with Crippen LogP contribution in [-0.2, 0) is 14.3 Å². The van der Waals surface area contributed by atoms with Crippen LogP contribution in [0.15, 0.2) is 40.8 Å². The Morgan fingerprint density at radius 3 is 2.62 bits per heavy atom. The molecule has 0 unspecified atom stereocenters. The lowest BCUT2D eigenvalue weighted by Crippen LogP contribution is -2.23. The number of amidine groups is 1. The van der Waals surface area contributed by atoms with Crippen molar-refractivity contribution in [3.63, 3.8) is 0 Å². The van der Waals surface area contributed by atoms with Crippen LogP contribution in [0.4, 0.5) is 0 Å². The number of ether oxygens (including phenoxy) is 2. The van der Waals surface area contributed by atoms with Gasteiger partial charge in [-0.2, -0.15) is 0 Å². The van der Waals surface area contributed by atoms with Gasteiger partial charge in [-0.15, -0.1) is 0 Å². The molecular weight excluding hydrogens is 388 g/mol. The van der Waals surface area contributed by atoms with Crippen molar-refractivity contribution >= 4 is 34.9 Å². The van der Waals surface area contributed by atoms with Gasteiger partial charge in [-0.1, -0.05) is 18.2 Å². The van der Waals surface area contributed by atoms with Gasteiger partial charge in [-0.05, 0) is 62.6 Å². The molecule has 0 N–H and O–H groups in total. The van der Waals surface area contributed by atoms with Crippen LogP contribution >= 0.6 is 11.8 Å². The second-order valence-corrected chi connectivity index (χ2v) is 7.67. The Bertz CT molecular complexity index is 817. The van der Waals surface area contributed by atoms with E-state index in [0.29, 0.717) is 23.3 Å². The highest BCUT2D eigenvalue weighted by Crippen LogP contribution is 2.33. The third-order valence-electron chi connectivity index (χ3n) is 4.35. The maximum Gasteiger partial charge on any atom is 0.330 e. The van der Waals surface area contributed by atoms with E-state index < -0.39 is 0 Å². The second-order valence-electron chi connectivity index (χ2n) is 6.66. The summed E-state index contributed by atoms with van der Waals surface area (Å²) in [6.45, 7) is 6.39. The molecule has 1 aliphatic rings. The maximum absolute atomic E-state index is 12.4. The van der Waals surface area contributed by atoms with Gasteiger partial charge in [0, 0.05) is 25.7 Å². The van der Waals surface area contributed by atoms with E-state index in [4.69, 9.17) is 9.47 Å².